The summed E-state index contributed by atoms with van der Waals surface area (Å²) in [4.78, 5) is 6.70. The number of nitrogens with one attached hydrogen (secondary N) is 2. The zero-order valence-electron chi connectivity index (χ0n) is 12.7. The van der Waals surface area contributed by atoms with E-state index in [0.717, 1.165) is 24.3 Å². The van der Waals surface area contributed by atoms with Gasteiger partial charge in [-0.25, -0.2) is 0 Å². The molecule has 112 valence electrons. The Morgan fingerprint density at radius 1 is 1.43 bits per heavy atom. The lowest BCUT2D eigenvalue weighted by atomic mass is 10.1. The van der Waals surface area contributed by atoms with Gasteiger partial charge in [0, 0.05) is 48.7 Å². The summed E-state index contributed by atoms with van der Waals surface area (Å²) in [5.74, 6) is 0. The van der Waals surface area contributed by atoms with Crippen molar-refractivity contribution in [1.29, 1.82) is 0 Å². The lowest BCUT2D eigenvalue weighted by molar-refractivity contribution is 0.268. The van der Waals surface area contributed by atoms with E-state index in [-0.39, 0.29) is 0 Å². The van der Waals surface area contributed by atoms with E-state index in [2.05, 4.69) is 45.3 Å². The highest BCUT2D eigenvalue weighted by molar-refractivity contribution is 5.61. The van der Waals surface area contributed by atoms with E-state index in [1.807, 2.05) is 18.5 Å². The summed E-state index contributed by atoms with van der Waals surface area (Å²) in [7, 11) is 0. The lowest BCUT2D eigenvalue weighted by Crippen LogP contribution is -2.34. The van der Waals surface area contributed by atoms with Gasteiger partial charge in [0.15, 0.2) is 0 Å². The molecule has 1 fully saturated rings. The fraction of sp³-hybridized carbons (Fsp3) is 0.500. The molecule has 1 saturated heterocycles. The summed E-state index contributed by atoms with van der Waals surface area (Å²) in [6, 6.07) is 5.21. The molecule has 2 aromatic rings. The molecule has 0 saturated carbocycles. The topological polar surface area (TPSA) is 56.8 Å². The normalized spacial score (nSPS) is 19.5. The number of rotatable bonds is 5. The van der Waals surface area contributed by atoms with Gasteiger partial charge in [0.1, 0.15) is 0 Å². The molecule has 3 heterocycles. The van der Waals surface area contributed by atoms with Gasteiger partial charge in [-0.3, -0.25) is 15.0 Å². The van der Waals surface area contributed by atoms with Gasteiger partial charge in [0.05, 0.1) is 11.9 Å². The highest BCUT2D eigenvalue weighted by atomic mass is 15.2. The van der Waals surface area contributed by atoms with Crippen molar-refractivity contribution in [3.8, 4) is 11.3 Å². The second-order valence-corrected chi connectivity index (χ2v) is 5.97. The maximum atomic E-state index is 4.18. The van der Waals surface area contributed by atoms with Crippen molar-refractivity contribution in [2.75, 3.05) is 13.1 Å². The summed E-state index contributed by atoms with van der Waals surface area (Å²) in [6.45, 7) is 7.70. The summed E-state index contributed by atoms with van der Waals surface area (Å²) in [6.07, 6.45) is 6.78. The number of hydrogen-bond acceptors (Lipinski definition) is 4. The van der Waals surface area contributed by atoms with Crippen LogP contribution in [-0.2, 0) is 6.54 Å². The van der Waals surface area contributed by atoms with Crippen molar-refractivity contribution in [1.82, 2.24) is 25.4 Å². The van der Waals surface area contributed by atoms with Crippen LogP contribution in [0.25, 0.3) is 11.3 Å². The molecule has 0 spiro atoms. The van der Waals surface area contributed by atoms with Crippen molar-refractivity contribution >= 4 is 0 Å². The van der Waals surface area contributed by atoms with E-state index in [1.165, 1.54) is 18.5 Å². The van der Waals surface area contributed by atoms with Crippen LogP contribution in [0.15, 0.2) is 30.7 Å². The number of pyridine rings is 1. The molecule has 0 aliphatic carbocycles. The van der Waals surface area contributed by atoms with Crippen LogP contribution in [0.1, 0.15) is 25.8 Å². The molecule has 0 bridgehead atoms. The first kappa shape index (κ1) is 14.2. The van der Waals surface area contributed by atoms with E-state index in [1.54, 1.807) is 6.20 Å². The molecule has 1 atom stereocenters. The van der Waals surface area contributed by atoms with Crippen LogP contribution in [-0.4, -0.2) is 45.3 Å². The minimum absolute atomic E-state index is 0.573. The standard InChI is InChI=1S/C16H23N5/c1-12(2)21-7-5-15(11-21)18-9-14-10-19-20-16(14)13-4-3-6-17-8-13/h3-4,6,8,10,12,15,18H,5,7,9,11H2,1-2H3,(H,19,20). The minimum Gasteiger partial charge on any atom is -0.308 e. The van der Waals surface area contributed by atoms with Crippen molar-refractivity contribution in [2.45, 2.75) is 38.9 Å². The van der Waals surface area contributed by atoms with Gasteiger partial charge < -0.3 is 5.32 Å². The molecular formula is C16H23N5. The Labute approximate surface area is 125 Å². The number of H-pyrrole nitrogens is 1. The Morgan fingerprint density at radius 2 is 2.33 bits per heavy atom. The fourth-order valence-electron chi connectivity index (χ4n) is 2.88. The highest BCUT2D eigenvalue weighted by Crippen LogP contribution is 2.20. The molecule has 5 heteroatoms. The van der Waals surface area contributed by atoms with Gasteiger partial charge in [0.2, 0.25) is 0 Å². The van der Waals surface area contributed by atoms with Crippen LogP contribution in [0.5, 0.6) is 0 Å². The maximum Gasteiger partial charge on any atom is 0.0710 e. The number of aromatic amines is 1. The Morgan fingerprint density at radius 3 is 3.05 bits per heavy atom. The van der Waals surface area contributed by atoms with Crippen LogP contribution >= 0.6 is 0 Å². The fourth-order valence-corrected chi connectivity index (χ4v) is 2.88. The summed E-state index contributed by atoms with van der Waals surface area (Å²) in [5.41, 5.74) is 3.35. The SMILES string of the molecule is CC(C)N1CCC(NCc2cn[nH]c2-c2cccnc2)C1. The molecule has 2 N–H and O–H groups in total. The maximum absolute atomic E-state index is 4.18. The molecule has 0 radical (unpaired) electrons. The van der Waals surface area contributed by atoms with E-state index in [0.29, 0.717) is 12.1 Å². The molecule has 0 aromatic carbocycles. The molecule has 1 aliphatic heterocycles. The second kappa shape index (κ2) is 6.37. The van der Waals surface area contributed by atoms with Crippen molar-refractivity contribution in [3.63, 3.8) is 0 Å². The van der Waals surface area contributed by atoms with Crippen LogP contribution in [0.4, 0.5) is 0 Å². The number of nitrogens with zero attached hydrogens (tertiary/aromatic N) is 3. The third kappa shape index (κ3) is 3.31. The van der Waals surface area contributed by atoms with Crippen molar-refractivity contribution in [2.24, 2.45) is 0 Å². The smallest absolute Gasteiger partial charge is 0.0710 e. The summed E-state index contributed by atoms with van der Waals surface area (Å²) >= 11 is 0. The molecule has 1 unspecified atom stereocenters. The van der Waals surface area contributed by atoms with Gasteiger partial charge in [0.25, 0.3) is 0 Å². The number of likely N-dealkylation sites (tertiary alicyclic amines) is 1. The summed E-state index contributed by atoms with van der Waals surface area (Å²) in [5, 5.41) is 10.9. The monoisotopic (exact) mass is 285 g/mol. The number of hydrogen-bond donors (Lipinski definition) is 2. The lowest BCUT2D eigenvalue weighted by Gasteiger charge is -2.20. The average molecular weight is 285 g/mol. The van der Waals surface area contributed by atoms with Gasteiger partial charge in [-0.1, -0.05) is 0 Å². The predicted octanol–water partition coefficient (Wildman–Crippen LogP) is 2.04. The largest absolute Gasteiger partial charge is 0.308 e. The Balaban J connectivity index is 1.61. The molecule has 21 heavy (non-hydrogen) atoms. The van der Waals surface area contributed by atoms with Crippen molar-refractivity contribution < 1.29 is 0 Å². The predicted molar refractivity (Wildman–Crippen MR) is 83.8 cm³/mol. The zero-order chi connectivity index (χ0) is 14.7. The molecule has 3 rings (SSSR count). The quantitative estimate of drug-likeness (QED) is 0.883. The van der Waals surface area contributed by atoms with Gasteiger partial charge in [-0.05, 0) is 38.9 Å². The van der Waals surface area contributed by atoms with E-state index in [4.69, 9.17) is 0 Å². The molecule has 2 aromatic heterocycles. The molecule has 5 nitrogen and oxygen atoms in total. The molecule has 1 aliphatic rings. The third-order valence-corrected chi connectivity index (χ3v) is 4.20. The van der Waals surface area contributed by atoms with Crippen LogP contribution in [0, 0.1) is 0 Å². The second-order valence-electron chi connectivity index (χ2n) is 5.97. The number of aromatic nitrogens is 3. The zero-order valence-corrected chi connectivity index (χ0v) is 12.7. The van der Waals surface area contributed by atoms with Gasteiger partial charge in [-0.2, -0.15) is 5.10 Å². The van der Waals surface area contributed by atoms with Gasteiger partial charge >= 0.3 is 0 Å². The highest BCUT2D eigenvalue weighted by Gasteiger charge is 2.23. The Hall–Kier alpha value is -1.72. The van der Waals surface area contributed by atoms with Crippen LogP contribution < -0.4 is 5.32 Å². The minimum atomic E-state index is 0.573. The third-order valence-electron chi connectivity index (χ3n) is 4.20. The van der Waals surface area contributed by atoms with E-state index >= 15 is 0 Å². The molecule has 0 amide bonds. The van der Waals surface area contributed by atoms with E-state index in [9.17, 15) is 0 Å². The van der Waals surface area contributed by atoms with E-state index < -0.39 is 0 Å². The molecular weight excluding hydrogens is 262 g/mol. The first-order valence-corrected chi connectivity index (χ1v) is 7.64. The average Bonchev–Trinajstić information content (AvgIpc) is 3.15. The van der Waals surface area contributed by atoms with Crippen LogP contribution in [0.2, 0.25) is 0 Å². The first-order valence-electron chi connectivity index (χ1n) is 7.64. The Bertz CT molecular complexity index is 563. The van der Waals surface area contributed by atoms with Crippen LogP contribution in [0.3, 0.4) is 0 Å². The first-order chi connectivity index (χ1) is 10.2. The van der Waals surface area contributed by atoms with Crippen molar-refractivity contribution in [3.05, 3.63) is 36.3 Å². The van der Waals surface area contributed by atoms with Gasteiger partial charge in [-0.15, -0.1) is 0 Å². The summed E-state index contributed by atoms with van der Waals surface area (Å²) < 4.78 is 0. The Kier molecular flexibility index (Phi) is 4.31.